The van der Waals surface area contributed by atoms with Crippen molar-refractivity contribution >= 4 is 11.9 Å². The van der Waals surface area contributed by atoms with Crippen molar-refractivity contribution in [3.63, 3.8) is 0 Å². The van der Waals surface area contributed by atoms with E-state index in [1.54, 1.807) is 14.1 Å². The third-order valence-corrected chi connectivity index (χ3v) is 3.08. The Bertz CT molecular complexity index is 523. The first-order chi connectivity index (χ1) is 10.4. The van der Waals surface area contributed by atoms with Gasteiger partial charge in [0.2, 0.25) is 5.91 Å². The van der Waals surface area contributed by atoms with Gasteiger partial charge in [0.15, 0.2) is 5.96 Å². The number of hydrogen-bond acceptors (Lipinski definition) is 2. The van der Waals surface area contributed by atoms with Crippen LogP contribution in [-0.4, -0.2) is 44.0 Å². The van der Waals surface area contributed by atoms with Crippen LogP contribution in [0.2, 0.25) is 0 Å². The monoisotopic (exact) mass is 302 g/mol. The number of aliphatic imine (C=N–C) groups is 1. The van der Waals surface area contributed by atoms with E-state index in [1.165, 1.54) is 4.90 Å². The third kappa shape index (κ3) is 6.43. The van der Waals surface area contributed by atoms with Gasteiger partial charge in [-0.2, -0.15) is 0 Å². The number of nitrogens with one attached hydrogen (secondary N) is 2. The van der Waals surface area contributed by atoms with Gasteiger partial charge in [0, 0.05) is 20.6 Å². The van der Waals surface area contributed by atoms with Crippen LogP contribution in [0.25, 0.3) is 0 Å². The third-order valence-electron chi connectivity index (χ3n) is 3.08. The van der Waals surface area contributed by atoms with Crippen molar-refractivity contribution < 1.29 is 4.79 Å². The molecule has 0 aliphatic rings. The molecule has 1 rings (SSSR count). The number of guanidine groups is 1. The van der Waals surface area contributed by atoms with Crippen molar-refractivity contribution in [2.24, 2.45) is 4.99 Å². The molecule has 1 unspecified atom stereocenters. The van der Waals surface area contributed by atoms with Gasteiger partial charge in [-0.1, -0.05) is 42.5 Å². The summed E-state index contributed by atoms with van der Waals surface area (Å²) < 4.78 is 0. The van der Waals surface area contributed by atoms with Crippen LogP contribution in [0, 0.1) is 0 Å². The number of amides is 1. The molecule has 1 amide bonds. The average molecular weight is 302 g/mol. The molecule has 0 radical (unpaired) electrons. The van der Waals surface area contributed by atoms with E-state index >= 15 is 0 Å². The molecule has 1 aromatic carbocycles. The summed E-state index contributed by atoms with van der Waals surface area (Å²) in [6, 6.07) is 10.2. The Morgan fingerprint density at radius 2 is 1.95 bits per heavy atom. The minimum absolute atomic E-state index is 0.0382. The van der Waals surface area contributed by atoms with E-state index in [0.29, 0.717) is 12.5 Å². The second kappa shape index (κ2) is 8.87. The van der Waals surface area contributed by atoms with E-state index in [1.807, 2.05) is 25.1 Å². The molecule has 1 atom stereocenters. The van der Waals surface area contributed by atoms with Crippen LogP contribution in [0.4, 0.5) is 0 Å². The van der Waals surface area contributed by atoms with Crippen molar-refractivity contribution in [1.82, 2.24) is 15.5 Å². The van der Waals surface area contributed by atoms with Crippen molar-refractivity contribution in [1.29, 1.82) is 0 Å². The lowest BCUT2D eigenvalue weighted by atomic mass is 10.1. The van der Waals surface area contributed by atoms with Gasteiger partial charge in [0.1, 0.15) is 6.54 Å². The number of nitrogens with zero attached hydrogens (tertiary/aromatic N) is 2. The highest BCUT2D eigenvalue weighted by molar-refractivity contribution is 5.85. The normalized spacial score (nSPS) is 12.5. The quantitative estimate of drug-likeness (QED) is 0.480. The zero-order chi connectivity index (χ0) is 16.5. The first kappa shape index (κ1) is 17.8. The van der Waals surface area contributed by atoms with Crippen molar-refractivity contribution in [2.75, 3.05) is 27.2 Å². The molecule has 0 bridgehead atoms. The molecule has 2 N–H and O–H groups in total. The molecule has 22 heavy (non-hydrogen) atoms. The van der Waals surface area contributed by atoms with Gasteiger partial charge in [0.25, 0.3) is 0 Å². The standard InChI is InChI=1S/C17H26N4O/c1-13(2)11-18-17(19-12-16(22)21(4)5)20-14(3)15-9-7-6-8-10-15/h6-10,14H,1,11-12H2,2-5H3,(H2,18,19,20). The van der Waals surface area contributed by atoms with Gasteiger partial charge in [-0.05, 0) is 19.4 Å². The largest absolute Gasteiger partial charge is 0.353 e. The highest BCUT2D eigenvalue weighted by Gasteiger charge is 2.09. The predicted octanol–water partition coefficient (Wildman–Crippen LogP) is 1.95. The van der Waals surface area contributed by atoms with Crippen molar-refractivity contribution in [3.8, 4) is 0 Å². The van der Waals surface area contributed by atoms with Crippen LogP contribution in [-0.2, 0) is 4.79 Å². The second-order valence-electron chi connectivity index (χ2n) is 5.54. The molecule has 0 heterocycles. The molecule has 0 fully saturated rings. The Morgan fingerprint density at radius 3 is 2.50 bits per heavy atom. The van der Waals surface area contributed by atoms with E-state index in [2.05, 4.69) is 41.3 Å². The van der Waals surface area contributed by atoms with Gasteiger partial charge >= 0.3 is 0 Å². The van der Waals surface area contributed by atoms with E-state index < -0.39 is 0 Å². The van der Waals surface area contributed by atoms with Crippen LogP contribution in [0.15, 0.2) is 47.5 Å². The SMILES string of the molecule is C=C(C)CNC(=NCC(=O)N(C)C)NC(C)c1ccccc1. The number of likely N-dealkylation sites (N-methyl/N-ethyl adjacent to an activating group) is 1. The highest BCUT2D eigenvalue weighted by Crippen LogP contribution is 2.10. The number of carbonyl (C=O) groups is 1. The maximum absolute atomic E-state index is 11.7. The highest BCUT2D eigenvalue weighted by atomic mass is 16.2. The average Bonchev–Trinajstić information content (AvgIpc) is 2.50. The van der Waals surface area contributed by atoms with Gasteiger partial charge in [0.05, 0.1) is 6.04 Å². The van der Waals surface area contributed by atoms with E-state index in [4.69, 9.17) is 0 Å². The van der Waals surface area contributed by atoms with Gasteiger partial charge in [-0.25, -0.2) is 4.99 Å². The van der Waals surface area contributed by atoms with Crippen molar-refractivity contribution in [3.05, 3.63) is 48.0 Å². The number of carbonyl (C=O) groups excluding carboxylic acids is 1. The Balaban J connectivity index is 2.74. The summed E-state index contributed by atoms with van der Waals surface area (Å²) in [5.41, 5.74) is 2.16. The van der Waals surface area contributed by atoms with Gasteiger partial charge in [-0.3, -0.25) is 4.79 Å². The maximum Gasteiger partial charge on any atom is 0.243 e. The summed E-state index contributed by atoms with van der Waals surface area (Å²) in [6.45, 7) is 8.59. The van der Waals surface area contributed by atoms with E-state index in [-0.39, 0.29) is 18.5 Å². The van der Waals surface area contributed by atoms with Gasteiger partial charge < -0.3 is 15.5 Å². The molecule has 0 spiro atoms. The first-order valence-corrected chi connectivity index (χ1v) is 7.34. The molecule has 1 aromatic rings. The summed E-state index contributed by atoms with van der Waals surface area (Å²) in [5, 5.41) is 6.49. The Hall–Kier alpha value is -2.30. The second-order valence-corrected chi connectivity index (χ2v) is 5.54. The van der Waals surface area contributed by atoms with E-state index in [9.17, 15) is 4.79 Å². The minimum Gasteiger partial charge on any atom is -0.353 e. The Morgan fingerprint density at radius 1 is 1.32 bits per heavy atom. The molecule has 5 heteroatoms. The van der Waals surface area contributed by atoms with Crippen LogP contribution >= 0.6 is 0 Å². The van der Waals surface area contributed by atoms with Crippen LogP contribution in [0.3, 0.4) is 0 Å². The molecule has 0 aliphatic carbocycles. The first-order valence-electron chi connectivity index (χ1n) is 7.34. The Kier molecular flexibility index (Phi) is 7.16. The molecule has 0 aliphatic heterocycles. The lowest BCUT2D eigenvalue weighted by molar-refractivity contribution is -0.127. The molecular formula is C17H26N4O. The van der Waals surface area contributed by atoms with E-state index in [0.717, 1.165) is 11.1 Å². The smallest absolute Gasteiger partial charge is 0.243 e. The topological polar surface area (TPSA) is 56.7 Å². The lowest BCUT2D eigenvalue weighted by Crippen LogP contribution is -2.40. The molecule has 0 saturated heterocycles. The summed E-state index contributed by atoms with van der Waals surface area (Å²) in [4.78, 5) is 17.6. The van der Waals surface area contributed by atoms with Crippen LogP contribution in [0.1, 0.15) is 25.5 Å². The lowest BCUT2D eigenvalue weighted by Gasteiger charge is -2.19. The molecule has 5 nitrogen and oxygen atoms in total. The molecule has 0 aromatic heterocycles. The van der Waals surface area contributed by atoms with Crippen LogP contribution < -0.4 is 10.6 Å². The summed E-state index contributed by atoms with van der Waals surface area (Å²) >= 11 is 0. The fourth-order valence-electron chi connectivity index (χ4n) is 1.71. The summed E-state index contributed by atoms with van der Waals surface area (Å²) in [7, 11) is 3.44. The zero-order valence-electron chi connectivity index (χ0n) is 13.9. The van der Waals surface area contributed by atoms with Crippen LogP contribution in [0.5, 0.6) is 0 Å². The minimum atomic E-state index is -0.0382. The van der Waals surface area contributed by atoms with Gasteiger partial charge in [-0.15, -0.1) is 0 Å². The summed E-state index contributed by atoms with van der Waals surface area (Å²) in [6.07, 6.45) is 0. The Labute approximate surface area is 133 Å². The maximum atomic E-state index is 11.7. The zero-order valence-corrected chi connectivity index (χ0v) is 13.9. The predicted molar refractivity (Wildman–Crippen MR) is 91.8 cm³/mol. The number of hydrogen-bond donors (Lipinski definition) is 2. The number of benzene rings is 1. The summed E-state index contributed by atoms with van der Waals surface area (Å²) in [5.74, 6) is 0.568. The number of rotatable bonds is 6. The molecule has 0 saturated carbocycles. The molecular weight excluding hydrogens is 276 g/mol. The fourth-order valence-corrected chi connectivity index (χ4v) is 1.71. The van der Waals surface area contributed by atoms with Crippen molar-refractivity contribution in [2.45, 2.75) is 19.9 Å². The molecule has 120 valence electrons. The fraction of sp³-hybridized carbons (Fsp3) is 0.412.